The van der Waals surface area contributed by atoms with Gasteiger partial charge in [0.1, 0.15) is 18.3 Å². The van der Waals surface area contributed by atoms with E-state index in [1.165, 1.54) is 11.0 Å². The zero-order valence-electron chi connectivity index (χ0n) is 10.6. The van der Waals surface area contributed by atoms with Crippen LogP contribution in [0, 0.1) is 0 Å². The van der Waals surface area contributed by atoms with E-state index in [1.54, 1.807) is 43.0 Å². The molecule has 0 atom stereocenters. The molecule has 21 heavy (non-hydrogen) atoms. The first-order chi connectivity index (χ1) is 10.2. The molecule has 3 aromatic rings. The third-order valence-electron chi connectivity index (χ3n) is 2.62. The molecule has 0 spiro atoms. The predicted octanol–water partition coefficient (Wildman–Crippen LogP) is 2.07. The molecule has 0 aromatic carbocycles. The summed E-state index contributed by atoms with van der Waals surface area (Å²) in [6.45, 7) is 0. The molecule has 0 aliphatic rings. The Morgan fingerprint density at radius 3 is 2.67 bits per heavy atom. The van der Waals surface area contributed by atoms with Gasteiger partial charge >= 0.3 is 0 Å². The summed E-state index contributed by atoms with van der Waals surface area (Å²) in [7, 11) is 0. The van der Waals surface area contributed by atoms with Gasteiger partial charge in [-0.05, 0) is 40.2 Å². The Labute approximate surface area is 128 Å². The molecule has 0 saturated carbocycles. The Bertz CT molecular complexity index is 739. The maximum atomic E-state index is 12.0. The minimum atomic E-state index is -0.294. The van der Waals surface area contributed by atoms with E-state index in [4.69, 9.17) is 0 Å². The lowest BCUT2D eigenvalue weighted by Crippen LogP contribution is -2.13. The number of nitrogens with one attached hydrogen (secondary N) is 1. The van der Waals surface area contributed by atoms with E-state index in [0.29, 0.717) is 17.2 Å². The Hall–Kier alpha value is -2.61. The van der Waals surface area contributed by atoms with Crippen molar-refractivity contribution in [3.63, 3.8) is 0 Å². The minimum Gasteiger partial charge on any atom is -0.319 e. The summed E-state index contributed by atoms with van der Waals surface area (Å²) in [5.74, 6) is 0.324. The number of amides is 1. The molecule has 1 N–H and O–H groups in total. The molecule has 0 bridgehead atoms. The smallest absolute Gasteiger partial charge is 0.274 e. The Kier molecular flexibility index (Phi) is 3.69. The fraction of sp³-hybridized carbons (Fsp3) is 0. The third-order valence-corrected chi connectivity index (χ3v) is 3.09. The zero-order chi connectivity index (χ0) is 14.7. The average molecular weight is 345 g/mol. The largest absolute Gasteiger partial charge is 0.319 e. The number of anilines is 1. The minimum absolute atomic E-state index is 0.294. The van der Waals surface area contributed by atoms with Gasteiger partial charge in [-0.1, -0.05) is 0 Å². The van der Waals surface area contributed by atoms with Gasteiger partial charge < -0.3 is 5.32 Å². The average Bonchev–Trinajstić information content (AvgIpc) is 3.03. The van der Waals surface area contributed by atoms with Crippen LogP contribution in [0.1, 0.15) is 10.5 Å². The molecule has 0 saturated heterocycles. The molecule has 3 heterocycles. The SMILES string of the molecule is O=C(Nc1ccc(-n2cncn2)nc1)c1ccc(Br)cn1. The summed E-state index contributed by atoms with van der Waals surface area (Å²) in [5, 5.41) is 6.70. The van der Waals surface area contributed by atoms with Crippen molar-refractivity contribution in [2.75, 3.05) is 5.32 Å². The van der Waals surface area contributed by atoms with Crippen molar-refractivity contribution in [2.45, 2.75) is 0 Å². The number of rotatable bonds is 3. The summed E-state index contributed by atoms with van der Waals surface area (Å²) >= 11 is 3.27. The molecule has 0 fully saturated rings. The molecule has 1 amide bonds. The molecule has 3 aromatic heterocycles. The standard InChI is InChI=1S/C13H9BrN6O/c14-9-1-3-11(16-5-9)13(21)19-10-2-4-12(17-6-10)20-8-15-7-18-20/h1-8H,(H,19,21). The van der Waals surface area contributed by atoms with E-state index >= 15 is 0 Å². The van der Waals surface area contributed by atoms with E-state index in [1.807, 2.05) is 0 Å². The normalized spacial score (nSPS) is 10.3. The molecular weight excluding hydrogens is 336 g/mol. The summed E-state index contributed by atoms with van der Waals surface area (Å²) in [5.41, 5.74) is 0.909. The first-order valence-electron chi connectivity index (χ1n) is 5.96. The number of nitrogens with zero attached hydrogens (tertiary/aromatic N) is 5. The number of hydrogen-bond donors (Lipinski definition) is 1. The maximum absolute atomic E-state index is 12.0. The van der Waals surface area contributed by atoms with Gasteiger partial charge in [0.05, 0.1) is 11.9 Å². The van der Waals surface area contributed by atoms with Crippen molar-refractivity contribution < 1.29 is 4.79 Å². The second-order valence-corrected chi connectivity index (χ2v) is 4.98. The molecule has 104 valence electrons. The number of pyridine rings is 2. The van der Waals surface area contributed by atoms with Gasteiger partial charge in [0.25, 0.3) is 5.91 Å². The van der Waals surface area contributed by atoms with Gasteiger partial charge in [-0.25, -0.2) is 19.6 Å². The fourth-order valence-corrected chi connectivity index (χ4v) is 1.86. The van der Waals surface area contributed by atoms with Crippen molar-refractivity contribution in [1.29, 1.82) is 0 Å². The summed E-state index contributed by atoms with van der Waals surface area (Å²) < 4.78 is 2.35. The van der Waals surface area contributed by atoms with Crippen molar-refractivity contribution in [1.82, 2.24) is 24.7 Å². The van der Waals surface area contributed by atoms with Gasteiger partial charge in [0.15, 0.2) is 5.82 Å². The molecule has 0 aliphatic heterocycles. The molecule has 3 rings (SSSR count). The number of carbonyl (C=O) groups is 1. The summed E-state index contributed by atoms with van der Waals surface area (Å²) in [6, 6.07) is 6.87. The highest BCUT2D eigenvalue weighted by atomic mass is 79.9. The number of halogens is 1. The van der Waals surface area contributed by atoms with Crippen LogP contribution in [0.2, 0.25) is 0 Å². The molecule has 0 aliphatic carbocycles. The highest BCUT2D eigenvalue weighted by molar-refractivity contribution is 9.10. The highest BCUT2D eigenvalue weighted by Crippen LogP contribution is 2.11. The van der Waals surface area contributed by atoms with Crippen LogP contribution >= 0.6 is 15.9 Å². The van der Waals surface area contributed by atoms with Crippen LogP contribution in [0.3, 0.4) is 0 Å². The maximum Gasteiger partial charge on any atom is 0.274 e. The fourth-order valence-electron chi connectivity index (χ4n) is 1.63. The molecule has 8 heteroatoms. The van der Waals surface area contributed by atoms with Crippen LogP contribution < -0.4 is 5.32 Å². The number of hydrogen-bond acceptors (Lipinski definition) is 5. The second-order valence-electron chi connectivity index (χ2n) is 4.06. The molecule has 0 unspecified atom stereocenters. The number of aromatic nitrogens is 5. The first-order valence-corrected chi connectivity index (χ1v) is 6.75. The van der Waals surface area contributed by atoms with Crippen molar-refractivity contribution in [3.05, 3.63) is 59.5 Å². The van der Waals surface area contributed by atoms with Gasteiger partial charge in [0, 0.05) is 10.7 Å². The quantitative estimate of drug-likeness (QED) is 0.785. The van der Waals surface area contributed by atoms with Crippen molar-refractivity contribution in [2.24, 2.45) is 0 Å². The van der Waals surface area contributed by atoms with Gasteiger partial charge in [0.2, 0.25) is 0 Å². The monoisotopic (exact) mass is 344 g/mol. The van der Waals surface area contributed by atoms with Crippen molar-refractivity contribution in [3.8, 4) is 5.82 Å². The third kappa shape index (κ3) is 3.11. The topological polar surface area (TPSA) is 85.6 Å². The predicted molar refractivity (Wildman–Crippen MR) is 79.0 cm³/mol. The zero-order valence-corrected chi connectivity index (χ0v) is 12.2. The van der Waals surface area contributed by atoms with Gasteiger partial charge in [-0.3, -0.25) is 4.79 Å². The van der Waals surface area contributed by atoms with Crippen LogP contribution in [0.5, 0.6) is 0 Å². The van der Waals surface area contributed by atoms with E-state index in [0.717, 1.165) is 4.47 Å². The first kappa shape index (κ1) is 13.4. The van der Waals surface area contributed by atoms with E-state index < -0.39 is 0 Å². The molecule has 7 nitrogen and oxygen atoms in total. The lowest BCUT2D eigenvalue weighted by molar-refractivity contribution is 0.102. The second kappa shape index (κ2) is 5.80. The summed E-state index contributed by atoms with van der Waals surface area (Å²) in [4.78, 5) is 24.1. The van der Waals surface area contributed by atoms with Gasteiger partial charge in [-0.2, -0.15) is 5.10 Å². The number of carbonyl (C=O) groups excluding carboxylic acids is 1. The van der Waals surface area contributed by atoms with Crippen LogP contribution in [-0.2, 0) is 0 Å². The lowest BCUT2D eigenvalue weighted by Gasteiger charge is -2.05. The van der Waals surface area contributed by atoms with Crippen LogP contribution in [0.25, 0.3) is 5.82 Å². The highest BCUT2D eigenvalue weighted by Gasteiger charge is 2.08. The van der Waals surface area contributed by atoms with Crippen LogP contribution in [0.15, 0.2) is 53.8 Å². The van der Waals surface area contributed by atoms with Gasteiger partial charge in [-0.15, -0.1) is 0 Å². The van der Waals surface area contributed by atoms with Crippen LogP contribution in [0.4, 0.5) is 5.69 Å². The lowest BCUT2D eigenvalue weighted by atomic mass is 10.3. The Morgan fingerprint density at radius 2 is 2.05 bits per heavy atom. The molecular formula is C13H9BrN6O. The Morgan fingerprint density at radius 1 is 1.14 bits per heavy atom. The van der Waals surface area contributed by atoms with E-state index in [9.17, 15) is 4.79 Å². The van der Waals surface area contributed by atoms with Crippen LogP contribution in [-0.4, -0.2) is 30.6 Å². The molecule has 0 radical (unpaired) electrons. The van der Waals surface area contributed by atoms with E-state index in [-0.39, 0.29) is 5.91 Å². The van der Waals surface area contributed by atoms with Crippen molar-refractivity contribution >= 4 is 27.5 Å². The summed E-state index contributed by atoms with van der Waals surface area (Å²) in [6.07, 6.45) is 6.09. The van der Waals surface area contributed by atoms with E-state index in [2.05, 4.69) is 41.3 Å². The Balaban J connectivity index is 1.73.